The van der Waals surface area contributed by atoms with E-state index in [0.29, 0.717) is 10.6 Å². The van der Waals surface area contributed by atoms with Crippen LogP contribution in [-0.4, -0.2) is 14.6 Å². The molecule has 31 heavy (non-hydrogen) atoms. The van der Waals surface area contributed by atoms with Gasteiger partial charge in [-0.3, -0.25) is 4.99 Å². The average molecular weight is 450 g/mol. The summed E-state index contributed by atoms with van der Waals surface area (Å²) < 4.78 is 31.2. The summed E-state index contributed by atoms with van der Waals surface area (Å²) in [7, 11) is -4.03. The Kier molecular flexibility index (Phi) is 6.07. The minimum absolute atomic E-state index is 0.0306. The Bertz CT molecular complexity index is 1350. The molecule has 0 amide bonds. The molecule has 0 atom stereocenters. The average Bonchev–Trinajstić information content (AvgIpc) is 2.78. The molecule has 4 aromatic rings. The number of aliphatic imine (C=N–C) groups is 1. The molecule has 0 aliphatic rings. The zero-order valence-electron chi connectivity index (χ0n) is 16.8. The minimum Gasteiger partial charge on any atom is -0.378 e. The van der Waals surface area contributed by atoms with Crippen molar-refractivity contribution in [2.75, 3.05) is 0 Å². The Morgan fingerprint density at radius 2 is 1.61 bits per heavy atom. The Morgan fingerprint density at radius 1 is 0.903 bits per heavy atom. The number of nitrogens with zero attached hydrogens (tertiary/aromatic N) is 1. The summed E-state index contributed by atoms with van der Waals surface area (Å²) in [5, 5.41) is 2.26. The molecular formula is C25H20ClNO3S. The predicted octanol–water partition coefficient (Wildman–Crippen LogP) is 6.57. The lowest BCUT2D eigenvalue weighted by atomic mass is 10.0. The van der Waals surface area contributed by atoms with Crippen LogP contribution in [0.15, 0.2) is 94.8 Å². The van der Waals surface area contributed by atoms with Crippen molar-refractivity contribution < 1.29 is 12.6 Å². The van der Waals surface area contributed by atoms with E-state index in [-0.39, 0.29) is 10.6 Å². The smallest absolute Gasteiger partial charge is 0.339 e. The fourth-order valence-corrected chi connectivity index (χ4v) is 4.28. The van der Waals surface area contributed by atoms with Crippen molar-refractivity contribution in [3.63, 3.8) is 0 Å². The van der Waals surface area contributed by atoms with Crippen molar-refractivity contribution in [1.29, 1.82) is 0 Å². The number of aryl methyl sites for hydroxylation is 1. The second-order valence-electron chi connectivity index (χ2n) is 6.97. The monoisotopic (exact) mass is 449 g/mol. The van der Waals surface area contributed by atoms with E-state index in [2.05, 4.69) is 11.9 Å². The highest BCUT2D eigenvalue weighted by atomic mass is 35.5. The standard InChI is InChI=1S/C25H20ClNO3S/c1-2-18-7-12-21(13-8-18)27-17-24-23-6-4-3-5-19(23)9-16-25(24)30-31(28,29)22-14-10-20(26)11-15-22/h3-17H,2H2,1H3. The summed E-state index contributed by atoms with van der Waals surface area (Å²) >= 11 is 5.88. The second kappa shape index (κ2) is 8.92. The summed E-state index contributed by atoms with van der Waals surface area (Å²) in [6, 6.07) is 25.0. The highest BCUT2D eigenvalue weighted by Crippen LogP contribution is 2.30. The van der Waals surface area contributed by atoms with E-state index in [4.69, 9.17) is 15.8 Å². The van der Waals surface area contributed by atoms with Crippen LogP contribution in [0.2, 0.25) is 5.02 Å². The zero-order chi connectivity index (χ0) is 21.8. The number of fused-ring (bicyclic) bond motifs is 1. The summed E-state index contributed by atoms with van der Waals surface area (Å²) in [5.41, 5.74) is 2.59. The normalized spacial score (nSPS) is 11.8. The fourth-order valence-electron chi connectivity index (χ4n) is 3.21. The third-order valence-electron chi connectivity index (χ3n) is 4.92. The van der Waals surface area contributed by atoms with Gasteiger partial charge in [-0.05, 0) is 65.2 Å². The molecule has 0 heterocycles. The number of hydrogen-bond donors (Lipinski definition) is 0. The molecule has 0 spiro atoms. The van der Waals surface area contributed by atoms with E-state index < -0.39 is 10.1 Å². The van der Waals surface area contributed by atoms with Gasteiger partial charge in [-0.1, -0.05) is 61.0 Å². The van der Waals surface area contributed by atoms with Crippen molar-refractivity contribution in [2.45, 2.75) is 18.2 Å². The third-order valence-corrected chi connectivity index (χ3v) is 6.42. The van der Waals surface area contributed by atoms with Crippen molar-refractivity contribution in [3.8, 4) is 5.75 Å². The zero-order valence-corrected chi connectivity index (χ0v) is 18.4. The van der Waals surface area contributed by atoms with Gasteiger partial charge in [-0.25, -0.2) is 0 Å². The first-order chi connectivity index (χ1) is 15.0. The lowest BCUT2D eigenvalue weighted by molar-refractivity contribution is 0.486. The van der Waals surface area contributed by atoms with Crippen molar-refractivity contribution in [1.82, 2.24) is 0 Å². The van der Waals surface area contributed by atoms with Crippen LogP contribution in [0.3, 0.4) is 0 Å². The van der Waals surface area contributed by atoms with Crippen LogP contribution in [0.1, 0.15) is 18.1 Å². The van der Waals surface area contributed by atoms with Crippen molar-refractivity contribution >= 4 is 44.4 Å². The van der Waals surface area contributed by atoms with Crippen molar-refractivity contribution in [2.24, 2.45) is 4.99 Å². The van der Waals surface area contributed by atoms with Crippen LogP contribution in [0.5, 0.6) is 5.75 Å². The molecule has 4 aromatic carbocycles. The molecule has 0 fully saturated rings. The van der Waals surface area contributed by atoms with Crippen LogP contribution in [0.25, 0.3) is 10.8 Å². The van der Waals surface area contributed by atoms with Crippen LogP contribution in [0, 0.1) is 0 Å². The van der Waals surface area contributed by atoms with Gasteiger partial charge in [0.2, 0.25) is 0 Å². The van der Waals surface area contributed by atoms with Crippen LogP contribution in [0.4, 0.5) is 5.69 Å². The van der Waals surface area contributed by atoms with Gasteiger partial charge in [0.15, 0.2) is 5.75 Å². The van der Waals surface area contributed by atoms with Gasteiger partial charge in [0.05, 0.1) is 5.69 Å². The number of rotatable bonds is 6. The molecule has 0 radical (unpaired) electrons. The molecule has 0 aliphatic carbocycles. The fraction of sp³-hybridized carbons (Fsp3) is 0.0800. The maximum absolute atomic E-state index is 12.8. The summed E-state index contributed by atoms with van der Waals surface area (Å²) in [4.78, 5) is 4.59. The van der Waals surface area contributed by atoms with Gasteiger partial charge < -0.3 is 4.18 Å². The Morgan fingerprint density at radius 3 is 2.32 bits per heavy atom. The number of hydrogen-bond acceptors (Lipinski definition) is 4. The predicted molar refractivity (Wildman–Crippen MR) is 126 cm³/mol. The Balaban J connectivity index is 1.76. The molecule has 0 unspecified atom stereocenters. The van der Waals surface area contributed by atoms with Crippen molar-refractivity contribution in [3.05, 3.63) is 101 Å². The Labute approximate surface area is 186 Å². The molecule has 0 saturated heterocycles. The molecule has 6 heteroatoms. The van der Waals surface area contributed by atoms with Gasteiger partial charge >= 0.3 is 10.1 Å². The van der Waals surface area contributed by atoms with E-state index in [9.17, 15) is 8.42 Å². The largest absolute Gasteiger partial charge is 0.378 e. The highest BCUT2D eigenvalue weighted by Gasteiger charge is 2.19. The topological polar surface area (TPSA) is 55.7 Å². The van der Waals surface area contributed by atoms with E-state index in [1.807, 2.05) is 54.6 Å². The molecule has 0 saturated carbocycles. The van der Waals surface area contributed by atoms with E-state index in [1.165, 1.54) is 29.8 Å². The molecule has 4 rings (SSSR count). The number of halogens is 1. The third kappa shape index (κ3) is 4.79. The molecule has 4 nitrogen and oxygen atoms in total. The molecule has 0 aliphatic heterocycles. The molecular weight excluding hydrogens is 430 g/mol. The van der Waals surface area contributed by atoms with Crippen LogP contribution >= 0.6 is 11.6 Å². The first kappa shape index (κ1) is 21.1. The van der Waals surface area contributed by atoms with Gasteiger partial charge in [-0.15, -0.1) is 0 Å². The summed E-state index contributed by atoms with van der Waals surface area (Å²) in [6.07, 6.45) is 2.60. The number of benzene rings is 4. The van der Waals surface area contributed by atoms with Gasteiger partial charge in [0.25, 0.3) is 0 Å². The SMILES string of the molecule is CCc1ccc(N=Cc2c(OS(=O)(=O)c3ccc(Cl)cc3)ccc3ccccc23)cc1. The first-order valence-electron chi connectivity index (χ1n) is 9.81. The lowest BCUT2D eigenvalue weighted by Gasteiger charge is -2.12. The Hall–Kier alpha value is -3.15. The maximum atomic E-state index is 12.8. The minimum atomic E-state index is -4.03. The van der Waals surface area contributed by atoms with E-state index >= 15 is 0 Å². The van der Waals surface area contributed by atoms with E-state index in [0.717, 1.165) is 22.9 Å². The van der Waals surface area contributed by atoms with Gasteiger partial charge in [-0.2, -0.15) is 8.42 Å². The lowest BCUT2D eigenvalue weighted by Crippen LogP contribution is -2.11. The quantitative estimate of drug-likeness (QED) is 0.247. The first-order valence-corrected chi connectivity index (χ1v) is 11.6. The van der Waals surface area contributed by atoms with E-state index in [1.54, 1.807) is 12.3 Å². The second-order valence-corrected chi connectivity index (χ2v) is 8.95. The van der Waals surface area contributed by atoms with Gasteiger partial charge in [0, 0.05) is 16.8 Å². The summed E-state index contributed by atoms with van der Waals surface area (Å²) in [5.74, 6) is 0.211. The highest BCUT2D eigenvalue weighted by molar-refractivity contribution is 7.87. The molecule has 0 N–H and O–H groups in total. The maximum Gasteiger partial charge on any atom is 0.339 e. The summed E-state index contributed by atoms with van der Waals surface area (Å²) in [6.45, 7) is 2.10. The van der Waals surface area contributed by atoms with Crippen LogP contribution < -0.4 is 4.18 Å². The van der Waals surface area contributed by atoms with Crippen LogP contribution in [-0.2, 0) is 16.5 Å². The molecule has 0 aromatic heterocycles. The molecule has 0 bridgehead atoms. The molecule has 156 valence electrons. The van der Waals surface area contributed by atoms with Gasteiger partial charge in [0.1, 0.15) is 4.90 Å².